The molecule has 3 unspecified atom stereocenters. The molecule has 3 rings (SSSR count). The molecule has 0 aromatic heterocycles. The van der Waals surface area contributed by atoms with Crippen molar-refractivity contribution >= 4 is 5.97 Å². The van der Waals surface area contributed by atoms with Crippen molar-refractivity contribution in [2.24, 2.45) is 11.3 Å². The van der Waals surface area contributed by atoms with Crippen molar-refractivity contribution in [3.05, 3.63) is 70.8 Å². The van der Waals surface area contributed by atoms with Gasteiger partial charge in [0.05, 0.1) is 11.2 Å². The summed E-state index contributed by atoms with van der Waals surface area (Å²) < 4.78 is 0. The van der Waals surface area contributed by atoms with E-state index >= 15 is 0 Å². The maximum absolute atomic E-state index is 11.8. The van der Waals surface area contributed by atoms with E-state index in [1.54, 1.807) is 18.2 Å². The summed E-state index contributed by atoms with van der Waals surface area (Å²) in [7, 11) is 0. The van der Waals surface area contributed by atoms with E-state index in [0.29, 0.717) is 5.56 Å². The van der Waals surface area contributed by atoms with Gasteiger partial charge in [0.1, 0.15) is 0 Å². The van der Waals surface area contributed by atoms with Crippen molar-refractivity contribution in [2.45, 2.75) is 52.1 Å². The summed E-state index contributed by atoms with van der Waals surface area (Å²) in [5.41, 5.74) is 1.49. The Morgan fingerprint density at radius 1 is 1.12 bits per heavy atom. The summed E-state index contributed by atoms with van der Waals surface area (Å²) in [6.07, 6.45) is 0.894. The summed E-state index contributed by atoms with van der Waals surface area (Å²) in [5.74, 6) is -0.759. The lowest BCUT2D eigenvalue weighted by atomic mass is 9.46. The molecule has 1 aliphatic carbocycles. The number of rotatable bonds is 3. The second-order valence-corrected chi connectivity index (χ2v) is 8.55. The highest BCUT2D eigenvalue weighted by Crippen LogP contribution is 2.60. The van der Waals surface area contributed by atoms with Crippen molar-refractivity contribution in [2.75, 3.05) is 0 Å². The fourth-order valence-corrected chi connectivity index (χ4v) is 5.08. The first-order chi connectivity index (χ1) is 12.0. The van der Waals surface area contributed by atoms with Gasteiger partial charge in [0.15, 0.2) is 0 Å². The zero-order chi connectivity index (χ0) is 19.3. The highest BCUT2D eigenvalue weighted by atomic mass is 16.4. The van der Waals surface area contributed by atoms with Crippen molar-refractivity contribution in [1.82, 2.24) is 0 Å². The van der Waals surface area contributed by atoms with Crippen molar-refractivity contribution in [3.63, 3.8) is 0 Å². The van der Waals surface area contributed by atoms with Crippen LogP contribution in [-0.2, 0) is 17.4 Å². The quantitative estimate of drug-likeness (QED) is 0.837. The van der Waals surface area contributed by atoms with E-state index in [9.17, 15) is 15.0 Å². The minimum Gasteiger partial charge on any atom is -0.478 e. The second-order valence-electron chi connectivity index (χ2n) is 8.55. The molecule has 26 heavy (non-hydrogen) atoms. The molecule has 138 valence electrons. The summed E-state index contributed by atoms with van der Waals surface area (Å²) >= 11 is 0. The van der Waals surface area contributed by atoms with Gasteiger partial charge in [-0.05, 0) is 53.5 Å². The van der Waals surface area contributed by atoms with Crippen LogP contribution in [0.4, 0.5) is 0 Å². The van der Waals surface area contributed by atoms with Gasteiger partial charge in [0.25, 0.3) is 0 Å². The Morgan fingerprint density at radius 3 is 2.42 bits per heavy atom. The number of fused-ring (bicyclic) bond motifs is 1. The fraction of sp³-hybridized carbons (Fsp3) is 0.435. The third-order valence-corrected chi connectivity index (χ3v) is 7.18. The van der Waals surface area contributed by atoms with Gasteiger partial charge in [0.2, 0.25) is 0 Å². The molecule has 2 N–H and O–H groups in total. The minimum absolute atomic E-state index is 0.202. The topological polar surface area (TPSA) is 57.5 Å². The van der Waals surface area contributed by atoms with Crippen LogP contribution >= 0.6 is 0 Å². The Balaban J connectivity index is 2.20. The maximum Gasteiger partial charge on any atom is 0.335 e. The number of carbonyl (C=O) groups is 1. The van der Waals surface area contributed by atoms with E-state index in [-0.39, 0.29) is 16.9 Å². The summed E-state index contributed by atoms with van der Waals surface area (Å²) in [6, 6.07) is 15.2. The Labute approximate surface area is 155 Å². The van der Waals surface area contributed by atoms with Crippen molar-refractivity contribution in [3.8, 4) is 0 Å². The van der Waals surface area contributed by atoms with E-state index < -0.39 is 17.0 Å². The van der Waals surface area contributed by atoms with Crippen LogP contribution in [0.25, 0.3) is 0 Å². The Kier molecular flexibility index (Phi) is 4.27. The SMILES string of the molecule is CC1Cc2ccccc2C(C)(C)C1(C)C(C)(O)c1cccc(C(=O)O)c1. The second kappa shape index (κ2) is 5.95. The van der Waals surface area contributed by atoms with Crippen LogP contribution in [0.2, 0.25) is 0 Å². The highest BCUT2D eigenvalue weighted by molar-refractivity contribution is 5.87. The average Bonchev–Trinajstić information content (AvgIpc) is 2.60. The van der Waals surface area contributed by atoms with Crippen LogP contribution in [0, 0.1) is 11.3 Å². The Morgan fingerprint density at radius 2 is 1.77 bits per heavy atom. The maximum atomic E-state index is 11.8. The Bertz CT molecular complexity index is 850. The molecular formula is C23H28O3. The van der Waals surface area contributed by atoms with Gasteiger partial charge in [0, 0.05) is 5.41 Å². The molecule has 0 saturated carbocycles. The van der Waals surface area contributed by atoms with Crippen LogP contribution in [0.5, 0.6) is 0 Å². The predicted molar refractivity (Wildman–Crippen MR) is 103 cm³/mol. The standard InChI is InChI=1S/C23H28O3/c1-15-13-16-9-6-7-12-19(16)21(2,3)22(15,4)23(5,26)18-11-8-10-17(14-18)20(24)25/h6-12,14-15,26H,13H2,1-5H3,(H,24,25). The van der Waals surface area contributed by atoms with Gasteiger partial charge in [-0.3, -0.25) is 0 Å². The molecule has 0 bridgehead atoms. The van der Waals surface area contributed by atoms with Gasteiger partial charge < -0.3 is 10.2 Å². The van der Waals surface area contributed by atoms with E-state index in [2.05, 4.69) is 52.0 Å². The minimum atomic E-state index is -1.19. The van der Waals surface area contributed by atoms with Gasteiger partial charge in [-0.25, -0.2) is 4.79 Å². The molecule has 3 atom stereocenters. The Hall–Kier alpha value is -2.13. The van der Waals surface area contributed by atoms with Gasteiger partial charge in [-0.1, -0.05) is 64.1 Å². The van der Waals surface area contributed by atoms with Gasteiger partial charge >= 0.3 is 5.97 Å². The van der Waals surface area contributed by atoms with Crippen molar-refractivity contribution < 1.29 is 15.0 Å². The lowest BCUT2D eigenvalue weighted by molar-refractivity contribution is -0.141. The summed E-state index contributed by atoms with van der Waals surface area (Å²) in [5, 5.41) is 21.2. The third-order valence-electron chi connectivity index (χ3n) is 7.18. The first-order valence-electron chi connectivity index (χ1n) is 9.18. The number of aromatic carboxylic acids is 1. The lowest BCUT2D eigenvalue weighted by Gasteiger charge is -2.59. The smallest absolute Gasteiger partial charge is 0.335 e. The third kappa shape index (κ3) is 2.41. The molecule has 0 amide bonds. The van der Waals surface area contributed by atoms with Crippen LogP contribution in [-0.4, -0.2) is 16.2 Å². The number of hydrogen-bond donors (Lipinski definition) is 2. The molecule has 3 nitrogen and oxygen atoms in total. The first-order valence-corrected chi connectivity index (χ1v) is 9.18. The molecule has 0 aliphatic heterocycles. The average molecular weight is 352 g/mol. The lowest BCUT2D eigenvalue weighted by Crippen LogP contribution is -2.59. The predicted octanol–water partition coefficient (Wildman–Crippen LogP) is 4.77. The van der Waals surface area contributed by atoms with Gasteiger partial charge in [-0.15, -0.1) is 0 Å². The van der Waals surface area contributed by atoms with Crippen LogP contribution in [0.15, 0.2) is 48.5 Å². The molecule has 0 fully saturated rings. The van der Waals surface area contributed by atoms with E-state index in [1.165, 1.54) is 11.1 Å². The summed E-state index contributed by atoms with van der Waals surface area (Å²) in [6.45, 7) is 10.5. The highest BCUT2D eigenvalue weighted by Gasteiger charge is 2.59. The van der Waals surface area contributed by atoms with Crippen LogP contribution in [0.1, 0.15) is 61.7 Å². The number of carboxylic acid groups (broad SMARTS) is 1. The molecule has 2 aromatic rings. The molecule has 0 heterocycles. The molecule has 0 radical (unpaired) electrons. The number of aliphatic hydroxyl groups is 1. The van der Waals surface area contributed by atoms with Crippen LogP contribution < -0.4 is 0 Å². The van der Waals surface area contributed by atoms with Gasteiger partial charge in [-0.2, -0.15) is 0 Å². The first kappa shape index (κ1) is 18.7. The molecule has 1 aliphatic rings. The van der Waals surface area contributed by atoms with E-state index in [1.807, 2.05) is 13.0 Å². The fourth-order valence-electron chi connectivity index (χ4n) is 5.08. The van der Waals surface area contributed by atoms with E-state index in [0.717, 1.165) is 6.42 Å². The largest absolute Gasteiger partial charge is 0.478 e. The molecule has 3 heteroatoms. The van der Waals surface area contributed by atoms with Crippen LogP contribution in [0.3, 0.4) is 0 Å². The monoisotopic (exact) mass is 352 g/mol. The number of benzene rings is 2. The van der Waals surface area contributed by atoms with E-state index in [4.69, 9.17) is 0 Å². The summed E-state index contributed by atoms with van der Waals surface area (Å²) in [4.78, 5) is 11.4. The number of carboxylic acids is 1. The molecule has 0 saturated heterocycles. The molecular weight excluding hydrogens is 324 g/mol. The number of hydrogen-bond acceptors (Lipinski definition) is 2. The normalized spacial score (nSPS) is 26.6. The zero-order valence-electron chi connectivity index (χ0n) is 16.2. The zero-order valence-corrected chi connectivity index (χ0v) is 16.2. The van der Waals surface area contributed by atoms with Crippen molar-refractivity contribution in [1.29, 1.82) is 0 Å². The molecule has 2 aromatic carbocycles. The molecule has 0 spiro atoms.